The lowest BCUT2D eigenvalue weighted by atomic mass is 9.99. The number of nitrogens with zero attached hydrogens (tertiary/aromatic N) is 2. The van der Waals surface area contributed by atoms with E-state index in [1.54, 1.807) is 55.6 Å². The van der Waals surface area contributed by atoms with Crippen molar-refractivity contribution in [1.29, 1.82) is 0 Å². The van der Waals surface area contributed by atoms with Crippen molar-refractivity contribution in [2.24, 2.45) is 0 Å². The molecule has 3 rings (SSSR count). The number of nitrogens with two attached hydrogens (primary N) is 1. The summed E-state index contributed by atoms with van der Waals surface area (Å²) >= 11 is 0. The third-order valence-electron chi connectivity index (χ3n) is 5.19. The van der Waals surface area contributed by atoms with E-state index in [4.69, 9.17) is 5.73 Å². The maximum absolute atomic E-state index is 14.7. The van der Waals surface area contributed by atoms with Crippen LogP contribution in [0, 0.1) is 5.82 Å². The predicted molar refractivity (Wildman–Crippen MR) is 121 cm³/mol. The first-order valence-electron chi connectivity index (χ1n) is 10.4. The number of hydrogen-bond donors (Lipinski definition) is 1. The largest absolute Gasteiger partial charge is 0.384 e. The molecule has 0 saturated heterocycles. The zero-order valence-corrected chi connectivity index (χ0v) is 17.8. The maximum Gasteiger partial charge on any atom is 0.226 e. The second kappa shape index (κ2) is 9.98. The lowest BCUT2D eigenvalue weighted by Gasteiger charge is -2.21. The van der Waals surface area contributed by atoms with Crippen molar-refractivity contribution >= 4 is 23.2 Å². The minimum absolute atomic E-state index is 0.0292. The summed E-state index contributed by atoms with van der Waals surface area (Å²) in [4.78, 5) is 30.0. The van der Waals surface area contributed by atoms with Gasteiger partial charge in [-0.15, -0.1) is 0 Å². The van der Waals surface area contributed by atoms with E-state index in [2.05, 4.69) is 4.98 Å². The zero-order chi connectivity index (χ0) is 22.4. The quantitative estimate of drug-likeness (QED) is 0.519. The van der Waals surface area contributed by atoms with Gasteiger partial charge in [0.25, 0.3) is 0 Å². The molecule has 31 heavy (non-hydrogen) atoms. The number of aryl methyl sites for hydroxylation is 1. The van der Waals surface area contributed by atoms with Gasteiger partial charge in [0.15, 0.2) is 5.78 Å². The van der Waals surface area contributed by atoms with Crippen molar-refractivity contribution < 1.29 is 14.0 Å². The molecule has 2 N–H and O–H groups in total. The average molecular weight is 420 g/mol. The number of pyridine rings is 1. The minimum atomic E-state index is -0.446. The highest BCUT2D eigenvalue weighted by Gasteiger charge is 2.16. The summed E-state index contributed by atoms with van der Waals surface area (Å²) < 4.78 is 14.7. The molecule has 0 saturated carbocycles. The Morgan fingerprint density at radius 2 is 1.71 bits per heavy atom. The number of anilines is 2. The van der Waals surface area contributed by atoms with Crippen LogP contribution in [0.1, 0.15) is 42.6 Å². The fraction of sp³-hybridized carbons (Fsp3) is 0.240. The van der Waals surface area contributed by atoms with E-state index in [1.165, 1.54) is 11.0 Å². The molecule has 3 aromatic rings. The van der Waals surface area contributed by atoms with Gasteiger partial charge in [0.1, 0.15) is 11.6 Å². The molecule has 0 aliphatic rings. The molecule has 1 heterocycles. The maximum atomic E-state index is 14.7. The lowest BCUT2D eigenvalue weighted by molar-refractivity contribution is -0.118. The first-order chi connectivity index (χ1) is 14.9. The summed E-state index contributed by atoms with van der Waals surface area (Å²) in [6, 6.07) is 15.5. The summed E-state index contributed by atoms with van der Waals surface area (Å²) in [5.74, 6) is -0.0822. The van der Waals surface area contributed by atoms with E-state index in [9.17, 15) is 14.0 Å². The number of ketones is 1. The van der Waals surface area contributed by atoms with Gasteiger partial charge in [0.05, 0.1) is 5.69 Å². The Bertz CT molecular complexity index is 1060. The van der Waals surface area contributed by atoms with Crippen LogP contribution >= 0.6 is 0 Å². The van der Waals surface area contributed by atoms with Gasteiger partial charge >= 0.3 is 0 Å². The van der Waals surface area contributed by atoms with Crippen LogP contribution in [-0.2, 0) is 11.2 Å². The monoisotopic (exact) mass is 419 g/mol. The van der Waals surface area contributed by atoms with E-state index in [0.29, 0.717) is 42.8 Å². The molecule has 0 atom stereocenters. The number of hydrogen-bond acceptors (Lipinski definition) is 4. The molecule has 0 spiro atoms. The predicted octanol–water partition coefficient (Wildman–Crippen LogP) is 5.05. The van der Waals surface area contributed by atoms with Gasteiger partial charge in [0, 0.05) is 31.1 Å². The van der Waals surface area contributed by atoms with Crippen molar-refractivity contribution in [3.63, 3.8) is 0 Å². The van der Waals surface area contributed by atoms with E-state index in [0.717, 1.165) is 11.1 Å². The van der Waals surface area contributed by atoms with Crippen molar-refractivity contribution in [2.75, 3.05) is 17.2 Å². The first-order valence-corrected chi connectivity index (χ1v) is 10.4. The summed E-state index contributed by atoms with van der Waals surface area (Å²) in [5, 5.41) is 0. The smallest absolute Gasteiger partial charge is 0.226 e. The molecule has 0 aliphatic carbocycles. The number of rotatable bonds is 8. The fourth-order valence-electron chi connectivity index (χ4n) is 3.41. The standard InChI is InChI=1S/C25H26FN3O2/c1-3-25(31)29(4-2)22-12-11-20(15-21(22)26)18-7-9-19(10-8-18)23(30)13-5-17-6-14-24(27)28-16-17/h6-12,14-16H,3-5,13H2,1-2H3,(H2,27,28). The number of carbonyl (C=O) groups excluding carboxylic acids is 2. The van der Waals surface area contributed by atoms with Crippen molar-refractivity contribution in [3.05, 3.63) is 77.7 Å². The molecule has 0 radical (unpaired) electrons. The van der Waals surface area contributed by atoms with Crippen molar-refractivity contribution in [2.45, 2.75) is 33.1 Å². The van der Waals surface area contributed by atoms with Crippen LogP contribution in [0.5, 0.6) is 0 Å². The SMILES string of the molecule is CCC(=O)N(CC)c1ccc(-c2ccc(C(=O)CCc3ccc(N)nc3)cc2)cc1F. The number of carbonyl (C=O) groups is 2. The number of benzene rings is 2. The highest BCUT2D eigenvalue weighted by molar-refractivity contribution is 5.96. The molecule has 6 heteroatoms. The molecule has 160 valence electrons. The molecule has 1 amide bonds. The van der Waals surface area contributed by atoms with Gasteiger partial charge in [-0.25, -0.2) is 9.37 Å². The second-order valence-electron chi connectivity index (χ2n) is 7.25. The molecule has 5 nitrogen and oxygen atoms in total. The normalized spacial score (nSPS) is 10.7. The number of Topliss-reactive ketones (excluding diaryl/α,β-unsaturated/α-hetero) is 1. The van der Waals surface area contributed by atoms with E-state index >= 15 is 0 Å². The third kappa shape index (κ3) is 5.34. The van der Waals surface area contributed by atoms with Gasteiger partial charge < -0.3 is 10.6 Å². The first kappa shape index (κ1) is 22.2. The van der Waals surface area contributed by atoms with Crippen molar-refractivity contribution in [1.82, 2.24) is 4.98 Å². The second-order valence-corrected chi connectivity index (χ2v) is 7.25. The number of nitrogen functional groups attached to an aromatic ring is 1. The van der Waals surface area contributed by atoms with Gasteiger partial charge in [-0.3, -0.25) is 9.59 Å². The number of aromatic nitrogens is 1. The molecule has 0 unspecified atom stereocenters. The summed E-state index contributed by atoms with van der Waals surface area (Å²) in [5.41, 5.74) is 8.91. The Hall–Kier alpha value is -3.54. The number of amides is 1. The lowest BCUT2D eigenvalue weighted by Crippen LogP contribution is -2.30. The van der Waals surface area contributed by atoms with E-state index in [1.807, 2.05) is 13.0 Å². The van der Waals surface area contributed by atoms with Crippen LogP contribution in [0.3, 0.4) is 0 Å². The van der Waals surface area contributed by atoms with E-state index in [-0.39, 0.29) is 17.4 Å². The van der Waals surface area contributed by atoms with Gasteiger partial charge in [-0.05, 0) is 48.2 Å². The fourth-order valence-corrected chi connectivity index (χ4v) is 3.41. The zero-order valence-electron chi connectivity index (χ0n) is 17.8. The van der Waals surface area contributed by atoms with Crippen LogP contribution < -0.4 is 10.6 Å². The van der Waals surface area contributed by atoms with Crippen LogP contribution in [0.2, 0.25) is 0 Å². The molecule has 0 aliphatic heterocycles. The minimum Gasteiger partial charge on any atom is -0.384 e. The van der Waals surface area contributed by atoms with Crippen LogP contribution in [0.15, 0.2) is 60.8 Å². The molecule has 0 fully saturated rings. The number of halogens is 1. The Morgan fingerprint density at radius 1 is 1.00 bits per heavy atom. The Labute approximate surface area is 181 Å². The van der Waals surface area contributed by atoms with Crippen molar-refractivity contribution in [3.8, 4) is 11.1 Å². The molecule has 2 aromatic carbocycles. The summed E-state index contributed by atoms with van der Waals surface area (Å²) in [7, 11) is 0. The third-order valence-corrected chi connectivity index (χ3v) is 5.19. The molecule has 0 bridgehead atoms. The summed E-state index contributed by atoms with van der Waals surface area (Å²) in [6.07, 6.45) is 2.95. The molecular formula is C25H26FN3O2. The van der Waals surface area contributed by atoms with Crippen LogP contribution in [-0.4, -0.2) is 23.2 Å². The Kier molecular flexibility index (Phi) is 7.13. The molecular weight excluding hydrogens is 393 g/mol. The molecule has 1 aromatic heterocycles. The van der Waals surface area contributed by atoms with Gasteiger partial charge in [-0.1, -0.05) is 43.3 Å². The average Bonchev–Trinajstić information content (AvgIpc) is 2.79. The van der Waals surface area contributed by atoms with Crippen LogP contribution in [0.25, 0.3) is 11.1 Å². The van der Waals surface area contributed by atoms with Gasteiger partial charge in [-0.2, -0.15) is 0 Å². The summed E-state index contributed by atoms with van der Waals surface area (Å²) in [6.45, 7) is 3.99. The van der Waals surface area contributed by atoms with E-state index < -0.39 is 5.82 Å². The topological polar surface area (TPSA) is 76.3 Å². The Balaban J connectivity index is 1.70. The Morgan fingerprint density at radius 3 is 2.29 bits per heavy atom. The highest BCUT2D eigenvalue weighted by atomic mass is 19.1. The highest BCUT2D eigenvalue weighted by Crippen LogP contribution is 2.27. The van der Waals surface area contributed by atoms with Crippen LogP contribution in [0.4, 0.5) is 15.9 Å². The van der Waals surface area contributed by atoms with Gasteiger partial charge in [0.2, 0.25) is 5.91 Å².